The van der Waals surface area contributed by atoms with Crippen LogP contribution in [0.25, 0.3) is 17.2 Å². The monoisotopic (exact) mass is 496 g/mol. The van der Waals surface area contributed by atoms with Crippen molar-refractivity contribution in [2.24, 2.45) is 0 Å². The number of hydrogen-bond donors (Lipinski definition) is 5. The van der Waals surface area contributed by atoms with Gasteiger partial charge in [0.2, 0.25) is 12.2 Å². The van der Waals surface area contributed by atoms with E-state index < -0.39 is 49.0 Å². The lowest BCUT2D eigenvalue weighted by Crippen LogP contribution is -2.60. The van der Waals surface area contributed by atoms with Crippen molar-refractivity contribution in [1.29, 1.82) is 0 Å². The molecule has 5 atom stereocenters. The summed E-state index contributed by atoms with van der Waals surface area (Å²) < 4.78 is 24.6. The van der Waals surface area contributed by atoms with Gasteiger partial charge in [-0.1, -0.05) is 30.3 Å². The van der Waals surface area contributed by atoms with Gasteiger partial charge >= 0.3 is 0 Å². The third-order valence-electron chi connectivity index (χ3n) is 5.62. The number of benzene rings is 2. The highest BCUT2D eigenvalue weighted by molar-refractivity contribution is 6.01. The Balaban J connectivity index is 1.36. The average Bonchev–Trinajstić information content (AvgIpc) is 2.89. The van der Waals surface area contributed by atoms with Gasteiger partial charge in [0.05, 0.1) is 6.61 Å². The van der Waals surface area contributed by atoms with Gasteiger partial charge in [-0.3, -0.25) is 4.79 Å². The molecule has 0 bridgehead atoms. The molecule has 1 amide bonds. The molecule has 1 aliphatic rings. The van der Waals surface area contributed by atoms with Gasteiger partial charge in [-0.25, -0.2) is 9.37 Å². The number of pyridine rings is 1. The predicted octanol–water partition coefficient (Wildman–Crippen LogP) is 1.72. The molecule has 3 aromatic rings. The lowest BCUT2D eigenvalue weighted by molar-refractivity contribution is -0.277. The molecule has 9 nitrogen and oxygen atoms in total. The van der Waals surface area contributed by atoms with E-state index in [2.05, 4.69) is 10.3 Å². The molecule has 2 aromatic carbocycles. The number of anilines is 1. The number of aromatic nitrogens is 1. The van der Waals surface area contributed by atoms with Crippen LogP contribution in [0.3, 0.4) is 0 Å². The van der Waals surface area contributed by atoms with Gasteiger partial charge in [-0.15, -0.1) is 0 Å². The topological polar surface area (TPSA) is 141 Å². The number of amides is 1. The highest BCUT2D eigenvalue weighted by Gasteiger charge is 2.44. The average molecular weight is 496 g/mol. The standard InChI is InChI=1S/C26H25FN2O7/c27-19-4-2-1-3-16(19)8-12-22(31)29-21-11-7-17(13-28-21)15-5-9-18(10-6-15)35-26-25(34)24(33)23(32)20(14-30)36-26/h1-13,20,23-26,30,32-34H,14H2,(H,28,29,31)/b12-8+/t20-,23-,24+,25-,26-/m1/s1. The van der Waals surface area contributed by atoms with Gasteiger partial charge in [0.15, 0.2) is 0 Å². The van der Waals surface area contributed by atoms with E-state index in [9.17, 15) is 29.6 Å². The van der Waals surface area contributed by atoms with Gasteiger partial charge < -0.3 is 35.2 Å². The second-order valence-corrected chi connectivity index (χ2v) is 8.12. The molecule has 36 heavy (non-hydrogen) atoms. The van der Waals surface area contributed by atoms with E-state index >= 15 is 0 Å². The van der Waals surface area contributed by atoms with Crippen molar-refractivity contribution in [3.8, 4) is 16.9 Å². The smallest absolute Gasteiger partial charge is 0.249 e. The lowest BCUT2D eigenvalue weighted by Gasteiger charge is -2.39. The predicted molar refractivity (Wildman–Crippen MR) is 128 cm³/mol. The Bertz CT molecular complexity index is 1200. The summed E-state index contributed by atoms with van der Waals surface area (Å²) in [7, 11) is 0. The van der Waals surface area contributed by atoms with Crippen LogP contribution in [0.1, 0.15) is 5.56 Å². The second kappa shape index (κ2) is 11.4. The van der Waals surface area contributed by atoms with Crippen molar-refractivity contribution in [1.82, 2.24) is 4.98 Å². The summed E-state index contributed by atoms with van der Waals surface area (Å²) in [6, 6.07) is 16.2. The van der Waals surface area contributed by atoms with E-state index in [-0.39, 0.29) is 0 Å². The van der Waals surface area contributed by atoms with E-state index in [0.29, 0.717) is 17.1 Å². The molecule has 0 aliphatic carbocycles. The van der Waals surface area contributed by atoms with E-state index in [4.69, 9.17) is 9.47 Å². The highest BCUT2D eigenvalue weighted by atomic mass is 19.1. The second-order valence-electron chi connectivity index (χ2n) is 8.12. The quantitative estimate of drug-likeness (QED) is 0.312. The molecule has 1 aromatic heterocycles. The summed E-state index contributed by atoms with van der Waals surface area (Å²) in [5.41, 5.74) is 1.85. The molecule has 188 valence electrons. The zero-order valence-electron chi connectivity index (χ0n) is 18.9. The summed E-state index contributed by atoms with van der Waals surface area (Å²) in [6.45, 7) is -0.547. The maximum absolute atomic E-state index is 13.6. The molecule has 1 saturated heterocycles. The zero-order chi connectivity index (χ0) is 25.7. The Hall–Kier alpha value is -3.67. The fraction of sp³-hybridized carbons (Fsp3) is 0.231. The minimum Gasteiger partial charge on any atom is -0.462 e. The van der Waals surface area contributed by atoms with Crippen molar-refractivity contribution >= 4 is 17.8 Å². The number of hydrogen-bond acceptors (Lipinski definition) is 8. The third kappa shape index (κ3) is 5.93. The van der Waals surface area contributed by atoms with Crippen LogP contribution in [0.5, 0.6) is 5.75 Å². The minimum atomic E-state index is -1.53. The Labute approximate surface area is 206 Å². The van der Waals surface area contributed by atoms with Crippen LogP contribution in [-0.2, 0) is 9.53 Å². The van der Waals surface area contributed by atoms with Crippen molar-refractivity contribution in [2.45, 2.75) is 30.7 Å². The molecule has 0 unspecified atom stereocenters. The highest BCUT2D eigenvalue weighted by Crippen LogP contribution is 2.27. The number of carbonyl (C=O) groups excluding carboxylic acids is 1. The number of aliphatic hydroxyl groups is 4. The normalized spacial score (nSPS) is 24.0. The van der Waals surface area contributed by atoms with Gasteiger partial charge in [0.25, 0.3) is 0 Å². The van der Waals surface area contributed by atoms with Gasteiger partial charge in [0.1, 0.15) is 41.8 Å². The third-order valence-corrected chi connectivity index (χ3v) is 5.62. The zero-order valence-corrected chi connectivity index (χ0v) is 18.9. The molecular formula is C26H25FN2O7. The van der Waals surface area contributed by atoms with Crippen LogP contribution in [0.15, 0.2) is 72.9 Å². The summed E-state index contributed by atoms with van der Waals surface area (Å²) in [6.07, 6.45) is -2.65. The van der Waals surface area contributed by atoms with Crippen LogP contribution >= 0.6 is 0 Å². The van der Waals surface area contributed by atoms with Crippen LogP contribution < -0.4 is 10.1 Å². The Kier molecular flexibility index (Phi) is 8.04. The van der Waals surface area contributed by atoms with Crippen LogP contribution in [0.4, 0.5) is 10.2 Å². The first-order valence-electron chi connectivity index (χ1n) is 11.1. The SMILES string of the molecule is O=C(/C=C/c1ccccc1F)Nc1ccc(-c2ccc(O[C@@H]3O[C@H](CO)[C@@H](O)[C@H](O)[C@H]3O)cc2)cn1. The molecule has 0 radical (unpaired) electrons. The largest absolute Gasteiger partial charge is 0.462 e. The molecule has 2 heterocycles. The summed E-state index contributed by atoms with van der Waals surface area (Å²) in [5.74, 6) is -0.215. The maximum Gasteiger partial charge on any atom is 0.249 e. The van der Waals surface area contributed by atoms with Crippen molar-refractivity contribution in [2.75, 3.05) is 11.9 Å². The number of aliphatic hydroxyl groups excluding tert-OH is 4. The van der Waals surface area contributed by atoms with E-state index in [1.807, 2.05) is 0 Å². The molecule has 4 rings (SSSR count). The fourth-order valence-electron chi connectivity index (χ4n) is 3.61. The first-order valence-corrected chi connectivity index (χ1v) is 11.1. The Morgan fingerprint density at radius 3 is 2.39 bits per heavy atom. The molecule has 10 heteroatoms. The number of nitrogens with zero attached hydrogens (tertiary/aromatic N) is 1. The van der Waals surface area contributed by atoms with E-state index in [1.165, 1.54) is 18.2 Å². The van der Waals surface area contributed by atoms with Crippen molar-refractivity contribution in [3.63, 3.8) is 0 Å². The minimum absolute atomic E-state index is 0.301. The maximum atomic E-state index is 13.6. The first kappa shape index (κ1) is 25.4. The number of nitrogens with one attached hydrogen (secondary N) is 1. The number of ether oxygens (including phenoxy) is 2. The summed E-state index contributed by atoms with van der Waals surface area (Å²) in [5, 5.41) is 41.7. The molecule has 1 aliphatic heterocycles. The van der Waals surface area contributed by atoms with Crippen LogP contribution in [0, 0.1) is 5.82 Å². The van der Waals surface area contributed by atoms with Crippen molar-refractivity contribution < 1.29 is 39.1 Å². The molecular weight excluding hydrogens is 471 g/mol. The Morgan fingerprint density at radius 2 is 1.72 bits per heavy atom. The van der Waals surface area contributed by atoms with E-state index in [1.54, 1.807) is 60.8 Å². The molecule has 5 N–H and O–H groups in total. The van der Waals surface area contributed by atoms with Gasteiger partial charge in [-0.05, 0) is 42.0 Å². The van der Waals surface area contributed by atoms with Crippen LogP contribution in [0.2, 0.25) is 0 Å². The number of halogens is 1. The lowest BCUT2D eigenvalue weighted by atomic mass is 9.99. The van der Waals surface area contributed by atoms with Gasteiger partial charge in [0, 0.05) is 23.4 Å². The fourth-order valence-corrected chi connectivity index (χ4v) is 3.61. The van der Waals surface area contributed by atoms with Crippen LogP contribution in [-0.4, -0.2) is 68.6 Å². The molecule has 0 saturated carbocycles. The van der Waals surface area contributed by atoms with Crippen molar-refractivity contribution in [3.05, 3.63) is 84.3 Å². The first-order chi connectivity index (χ1) is 17.4. The number of carbonyl (C=O) groups is 1. The summed E-state index contributed by atoms with van der Waals surface area (Å²) >= 11 is 0. The number of rotatable bonds is 7. The van der Waals surface area contributed by atoms with Gasteiger partial charge in [-0.2, -0.15) is 0 Å². The molecule has 1 fully saturated rings. The molecule has 0 spiro atoms. The summed E-state index contributed by atoms with van der Waals surface area (Å²) in [4.78, 5) is 16.3. The van der Waals surface area contributed by atoms with E-state index in [0.717, 1.165) is 11.1 Å². The Morgan fingerprint density at radius 1 is 1.00 bits per heavy atom.